The Morgan fingerprint density at radius 2 is 1.03 bits per heavy atom. The standard InChI is InChI=1S/C35H27N/c36-34-21-33-29(20-28(34)24-18-17-22-9-1-2-10-23(22)19-24)27-13-5-8-16-32(27)35(33)30-14-6-3-11-25(30)26-12-4-7-15-31(26)35/h3-8,11-21H,1-2,9-10,36H2. The molecular weight excluding hydrogens is 434 g/mol. The maximum absolute atomic E-state index is 6.93. The van der Waals surface area contributed by atoms with E-state index in [0.717, 1.165) is 11.3 Å². The molecule has 0 fully saturated rings. The molecule has 3 aliphatic rings. The van der Waals surface area contributed by atoms with Crippen LogP contribution in [0.4, 0.5) is 5.69 Å². The molecule has 0 amide bonds. The smallest absolute Gasteiger partial charge is 0.0726 e. The van der Waals surface area contributed by atoms with Crippen LogP contribution in [0.25, 0.3) is 33.4 Å². The van der Waals surface area contributed by atoms with Crippen molar-refractivity contribution in [1.29, 1.82) is 0 Å². The summed E-state index contributed by atoms with van der Waals surface area (Å²) in [6, 6.07) is 38.5. The maximum atomic E-state index is 6.93. The summed E-state index contributed by atoms with van der Waals surface area (Å²) in [6.45, 7) is 0. The van der Waals surface area contributed by atoms with E-state index in [1.54, 1.807) is 0 Å². The summed E-state index contributed by atoms with van der Waals surface area (Å²) in [5, 5.41) is 0. The second kappa shape index (κ2) is 7.21. The van der Waals surface area contributed by atoms with Gasteiger partial charge in [-0.25, -0.2) is 0 Å². The molecule has 0 atom stereocenters. The molecule has 0 aromatic heterocycles. The predicted octanol–water partition coefficient (Wildman–Crippen LogP) is 8.16. The molecule has 3 aliphatic carbocycles. The molecule has 2 N–H and O–H groups in total. The highest BCUT2D eigenvalue weighted by Crippen LogP contribution is 2.63. The minimum absolute atomic E-state index is 0.332. The van der Waals surface area contributed by atoms with Crippen molar-refractivity contribution in [3.05, 3.63) is 137 Å². The van der Waals surface area contributed by atoms with Gasteiger partial charge >= 0.3 is 0 Å². The van der Waals surface area contributed by atoms with E-state index in [4.69, 9.17) is 5.73 Å². The Kier molecular flexibility index (Phi) is 4.03. The number of anilines is 1. The van der Waals surface area contributed by atoms with E-state index >= 15 is 0 Å². The van der Waals surface area contributed by atoms with Gasteiger partial charge < -0.3 is 5.73 Å². The summed E-state index contributed by atoms with van der Waals surface area (Å²) in [7, 11) is 0. The van der Waals surface area contributed by atoms with Gasteiger partial charge in [0.25, 0.3) is 0 Å². The van der Waals surface area contributed by atoms with Crippen LogP contribution in [0.5, 0.6) is 0 Å². The summed E-state index contributed by atoms with van der Waals surface area (Å²) < 4.78 is 0. The molecule has 1 nitrogen and oxygen atoms in total. The fourth-order valence-electron chi connectivity index (χ4n) is 7.31. The molecule has 0 heterocycles. The van der Waals surface area contributed by atoms with Gasteiger partial charge in [-0.05, 0) is 99.0 Å². The normalized spacial score (nSPS) is 15.7. The first kappa shape index (κ1) is 20.1. The topological polar surface area (TPSA) is 26.0 Å². The van der Waals surface area contributed by atoms with E-state index in [1.807, 2.05) is 0 Å². The second-order valence-corrected chi connectivity index (χ2v) is 10.6. The molecule has 5 aromatic carbocycles. The summed E-state index contributed by atoms with van der Waals surface area (Å²) in [5.74, 6) is 0. The zero-order valence-electron chi connectivity index (χ0n) is 20.2. The largest absolute Gasteiger partial charge is 0.398 e. The molecular formula is C35H27N. The zero-order valence-corrected chi connectivity index (χ0v) is 20.2. The van der Waals surface area contributed by atoms with Gasteiger partial charge in [-0.2, -0.15) is 0 Å². The first-order chi connectivity index (χ1) is 17.8. The molecule has 0 unspecified atom stereocenters. The molecule has 1 spiro atoms. The molecule has 0 saturated carbocycles. The van der Waals surface area contributed by atoms with Gasteiger partial charge in [0.2, 0.25) is 0 Å². The van der Waals surface area contributed by atoms with Gasteiger partial charge in [0, 0.05) is 11.3 Å². The number of hydrogen-bond donors (Lipinski definition) is 1. The molecule has 36 heavy (non-hydrogen) atoms. The van der Waals surface area contributed by atoms with E-state index in [-0.39, 0.29) is 5.41 Å². The van der Waals surface area contributed by atoms with Gasteiger partial charge in [-0.1, -0.05) is 91.0 Å². The SMILES string of the molecule is Nc1cc2c(cc1-c1ccc3c(c1)CCCC3)-c1ccccc1C21c2ccccc2-c2ccccc21. The van der Waals surface area contributed by atoms with E-state index in [1.165, 1.54) is 86.9 Å². The second-order valence-electron chi connectivity index (χ2n) is 10.6. The third-order valence-corrected chi connectivity index (χ3v) is 8.83. The number of rotatable bonds is 1. The maximum Gasteiger partial charge on any atom is 0.0726 e. The molecule has 172 valence electrons. The predicted molar refractivity (Wildman–Crippen MR) is 149 cm³/mol. The van der Waals surface area contributed by atoms with Crippen molar-refractivity contribution >= 4 is 5.69 Å². The lowest BCUT2D eigenvalue weighted by Gasteiger charge is -2.30. The number of nitrogen functional groups attached to an aromatic ring is 1. The average Bonchev–Trinajstić information content (AvgIpc) is 3.39. The zero-order chi connectivity index (χ0) is 23.9. The van der Waals surface area contributed by atoms with Crippen molar-refractivity contribution in [3.63, 3.8) is 0 Å². The number of nitrogens with two attached hydrogens (primary N) is 1. The first-order valence-electron chi connectivity index (χ1n) is 13.1. The van der Waals surface area contributed by atoms with Crippen LogP contribution in [-0.4, -0.2) is 0 Å². The molecule has 0 radical (unpaired) electrons. The highest BCUT2D eigenvalue weighted by molar-refractivity contribution is 5.97. The van der Waals surface area contributed by atoms with Crippen molar-refractivity contribution in [2.75, 3.05) is 5.73 Å². The Hall–Kier alpha value is -4.10. The Morgan fingerprint density at radius 1 is 0.472 bits per heavy atom. The van der Waals surface area contributed by atoms with Crippen molar-refractivity contribution in [1.82, 2.24) is 0 Å². The fourth-order valence-corrected chi connectivity index (χ4v) is 7.31. The minimum atomic E-state index is -0.332. The minimum Gasteiger partial charge on any atom is -0.398 e. The lowest BCUT2D eigenvalue weighted by molar-refractivity contribution is 0.686. The van der Waals surface area contributed by atoms with Crippen LogP contribution in [0.15, 0.2) is 103 Å². The Balaban J connectivity index is 1.44. The van der Waals surface area contributed by atoms with E-state index in [2.05, 4.69) is 103 Å². The molecule has 5 aromatic rings. The molecule has 0 bridgehead atoms. The average molecular weight is 462 g/mol. The van der Waals surface area contributed by atoms with Crippen LogP contribution in [-0.2, 0) is 18.3 Å². The Bertz CT molecular complexity index is 1660. The lowest BCUT2D eigenvalue weighted by atomic mass is 9.70. The van der Waals surface area contributed by atoms with E-state index in [0.29, 0.717) is 0 Å². The Morgan fingerprint density at radius 3 is 1.67 bits per heavy atom. The third-order valence-electron chi connectivity index (χ3n) is 8.83. The highest BCUT2D eigenvalue weighted by Gasteiger charge is 2.51. The Labute approximate surface area is 212 Å². The van der Waals surface area contributed by atoms with Crippen molar-refractivity contribution < 1.29 is 0 Å². The van der Waals surface area contributed by atoms with Gasteiger partial charge in [0.15, 0.2) is 0 Å². The summed E-state index contributed by atoms with van der Waals surface area (Å²) in [5.41, 5.74) is 23.5. The van der Waals surface area contributed by atoms with Crippen molar-refractivity contribution in [2.24, 2.45) is 0 Å². The van der Waals surface area contributed by atoms with Crippen molar-refractivity contribution in [3.8, 4) is 33.4 Å². The van der Waals surface area contributed by atoms with Crippen LogP contribution in [0.1, 0.15) is 46.2 Å². The van der Waals surface area contributed by atoms with Crippen LogP contribution in [0, 0.1) is 0 Å². The number of aryl methyl sites for hydroxylation is 2. The number of benzene rings is 5. The van der Waals surface area contributed by atoms with Crippen LogP contribution in [0.2, 0.25) is 0 Å². The highest BCUT2D eigenvalue weighted by atomic mass is 14.6. The van der Waals surface area contributed by atoms with Crippen LogP contribution >= 0.6 is 0 Å². The molecule has 1 heteroatoms. The van der Waals surface area contributed by atoms with Crippen LogP contribution < -0.4 is 5.73 Å². The van der Waals surface area contributed by atoms with E-state index in [9.17, 15) is 0 Å². The van der Waals surface area contributed by atoms with Crippen molar-refractivity contribution in [2.45, 2.75) is 31.1 Å². The first-order valence-corrected chi connectivity index (χ1v) is 13.1. The molecule has 0 saturated heterocycles. The van der Waals surface area contributed by atoms with Gasteiger partial charge in [0.1, 0.15) is 0 Å². The summed E-state index contributed by atoms with van der Waals surface area (Å²) in [4.78, 5) is 0. The van der Waals surface area contributed by atoms with Gasteiger partial charge in [-0.15, -0.1) is 0 Å². The van der Waals surface area contributed by atoms with Gasteiger partial charge in [0.05, 0.1) is 5.41 Å². The monoisotopic (exact) mass is 461 g/mol. The molecule has 8 rings (SSSR count). The number of fused-ring (bicyclic) bond motifs is 11. The molecule has 0 aliphatic heterocycles. The van der Waals surface area contributed by atoms with Crippen LogP contribution in [0.3, 0.4) is 0 Å². The summed E-state index contributed by atoms with van der Waals surface area (Å²) >= 11 is 0. The third kappa shape index (κ3) is 2.45. The van der Waals surface area contributed by atoms with Gasteiger partial charge in [-0.3, -0.25) is 0 Å². The quantitative estimate of drug-likeness (QED) is 0.245. The number of hydrogen-bond acceptors (Lipinski definition) is 1. The lowest BCUT2D eigenvalue weighted by Crippen LogP contribution is -2.26. The van der Waals surface area contributed by atoms with E-state index < -0.39 is 0 Å². The summed E-state index contributed by atoms with van der Waals surface area (Å²) in [6.07, 6.45) is 4.96. The fraction of sp³-hybridized carbons (Fsp3) is 0.143.